The fourth-order valence-corrected chi connectivity index (χ4v) is 1.98. The van der Waals surface area contributed by atoms with E-state index in [1.54, 1.807) is 0 Å². The van der Waals surface area contributed by atoms with Crippen molar-refractivity contribution in [1.82, 2.24) is 0 Å². The predicted molar refractivity (Wildman–Crippen MR) is 76.0 cm³/mol. The first-order valence-corrected chi connectivity index (χ1v) is 6.71. The van der Waals surface area contributed by atoms with Gasteiger partial charge >= 0.3 is 0 Å². The highest BCUT2D eigenvalue weighted by atomic mass is 14.6. The van der Waals surface area contributed by atoms with Crippen LogP contribution in [0.5, 0.6) is 0 Å². The van der Waals surface area contributed by atoms with Crippen LogP contribution in [0.2, 0.25) is 0 Å². The van der Waals surface area contributed by atoms with Crippen molar-refractivity contribution >= 4 is 0 Å². The normalized spacial score (nSPS) is 12.4. The van der Waals surface area contributed by atoms with Gasteiger partial charge in [0.05, 0.1) is 0 Å². The number of hydrogen-bond donors (Lipinski definition) is 1. The van der Waals surface area contributed by atoms with Crippen molar-refractivity contribution in [3.63, 3.8) is 0 Å². The molecule has 0 fully saturated rings. The van der Waals surface area contributed by atoms with Crippen molar-refractivity contribution in [3.8, 4) is 0 Å². The summed E-state index contributed by atoms with van der Waals surface area (Å²) in [6.45, 7) is 6.36. The Labute approximate surface area is 106 Å². The molecule has 2 N–H and O–H groups in total. The van der Waals surface area contributed by atoms with E-state index in [4.69, 9.17) is 5.73 Å². The average molecular weight is 231 g/mol. The van der Waals surface area contributed by atoms with Gasteiger partial charge in [-0.05, 0) is 24.8 Å². The number of nitrogens with two attached hydrogens (primary N) is 1. The Morgan fingerprint density at radius 3 is 2.53 bits per heavy atom. The molecule has 0 aromatic heterocycles. The Morgan fingerprint density at radius 2 is 1.88 bits per heavy atom. The van der Waals surface area contributed by atoms with Gasteiger partial charge in [-0.25, -0.2) is 0 Å². The molecule has 0 bridgehead atoms. The maximum Gasteiger partial charge on any atom is 0.0291 e. The maximum atomic E-state index is 6.16. The Hall–Kier alpha value is -1.08. The lowest BCUT2D eigenvalue weighted by Gasteiger charge is -2.14. The summed E-state index contributed by atoms with van der Waals surface area (Å²) in [5.41, 5.74) is 8.66. The van der Waals surface area contributed by atoms with Gasteiger partial charge < -0.3 is 5.73 Å². The van der Waals surface area contributed by atoms with Crippen molar-refractivity contribution in [2.75, 3.05) is 0 Å². The molecule has 0 amide bonds. The molecule has 0 spiro atoms. The van der Waals surface area contributed by atoms with E-state index in [-0.39, 0.29) is 6.04 Å². The van der Waals surface area contributed by atoms with Crippen molar-refractivity contribution in [1.29, 1.82) is 0 Å². The van der Waals surface area contributed by atoms with Crippen molar-refractivity contribution in [2.45, 2.75) is 51.5 Å². The lowest BCUT2D eigenvalue weighted by atomic mass is 9.96. The summed E-state index contributed by atoms with van der Waals surface area (Å²) in [5.74, 6) is 0. The molecule has 0 aliphatic rings. The summed E-state index contributed by atoms with van der Waals surface area (Å²) in [4.78, 5) is 0. The molecule has 0 aliphatic carbocycles. The van der Waals surface area contributed by atoms with E-state index in [9.17, 15) is 0 Å². The van der Waals surface area contributed by atoms with Gasteiger partial charge in [-0.15, -0.1) is 0 Å². The fraction of sp³-hybridized carbons (Fsp3) is 0.500. The molecule has 0 radical (unpaired) electrons. The van der Waals surface area contributed by atoms with Crippen LogP contribution in [0.4, 0.5) is 0 Å². The second-order valence-electron chi connectivity index (χ2n) is 4.77. The minimum Gasteiger partial charge on any atom is -0.324 e. The van der Waals surface area contributed by atoms with Gasteiger partial charge in [-0.3, -0.25) is 0 Å². The van der Waals surface area contributed by atoms with E-state index in [1.165, 1.54) is 36.8 Å². The van der Waals surface area contributed by atoms with E-state index in [1.807, 2.05) is 6.07 Å². The zero-order valence-electron chi connectivity index (χ0n) is 11.0. The van der Waals surface area contributed by atoms with E-state index >= 15 is 0 Å². The number of rotatable bonds is 8. The molecular formula is C16H25N. The van der Waals surface area contributed by atoms with Gasteiger partial charge in [0.2, 0.25) is 0 Å². The summed E-state index contributed by atoms with van der Waals surface area (Å²) < 4.78 is 0. The molecule has 0 aliphatic heterocycles. The highest BCUT2D eigenvalue weighted by molar-refractivity contribution is 5.19. The van der Waals surface area contributed by atoms with Crippen molar-refractivity contribution in [2.24, 2.45) is 5.73 Å². The second kappa shape index (κ2) is 8.08. The van der Waals surface area contributed by atoms with Crippen LogP contribution in [0.25, 0.3) is 0 Å². The fourth-order valence-electron chi connectivity index (χ4n) is 1.98. The van der Waals surface area contributed by atoms with Gasteiger partial charge in [0.1, 0.15) is 0 Å². The SMILES string of the molecule is C=C(CCCCCC)C(N)Cc1ccccc1. The third kappa shape index (κ3) is 5.69. The van der Waals surface area contributed by atoms with Gasteiger partial charge in [-0.1, -0.05) is 68.7 Å². The summed E-state index contributed by atoms with van der Waals surface area (Å²) >= 11 is 0. The van der Waals surface area contributed by atoms with Crippen LogP contribution in [0.15, 0.2) is 42.5 Å². The molecule has 1 unspecified atom stereocenters. The molecule has 1 aromatic rings. The Balaban J connectivity index is 2.27. The zero-order valence-corrected chi connectivity index (χ0v) is 11.0. The van der Waals surface area contributed by atoms with Crippen molar-refractivity contribution in [3.05, 3.63) is 48.0 Å². The molecule has 94 valence electrons. The first-order valence-electron chi connectivity index (χ1n) is 6.71. The molecule has 1 nitrogen and oxygen atoms in total. The molecule has 1 heteroatoms. The van der Waals surface area contributed by atoms with Crippen LogP contribution < -0.4 is 5.73 Å². The Morgan fingerprint density at radius 1 is 1.18 bits per heavy atom. The Bertz CT molecular complexity index is 316. The predicted octanol–water partition coefficient (Wildman–Crippen LogP) is 4.08. The van der Waals surface area contributed by atoms with Crippen LogP contribution in [0.3, 0.4) is 0 Å². The summed E-state index contributed by atoms with van der Waals surface area (Å²) in [6.07, 6.45) is 7.12. The van der Waals surface area contributed by atoms with Crippen molar-refractivity contribution < 1.29 is 0 Å². The van der Waals surface area contributed by atoms with Crippen LogP contribution >= 0.6 is 0 Å². The van der Waals surface area contributed by atoms with E-state index in [0.717, 1.165) is 12.8 Å². The topological polar surface area (TPSA) is 26.0 Å². The lowest BCUT2D eigenvalue weighted by molar-refractivity contribution is 0.633. The summed E-state index contributed by atoms with van der Waals surface area (Å²) in [6, 6.07) is 10.5. The standard InChI is InChI=1S/C16H25N/c1-3-4-5-7-10-14(2)16(17)13-15-11-8-6-9-12-15/h6,8-9,11-12,16H,2-5,7,10,13,17H2,1H3. The largest absolute Gasteiger partial charge is 0.324 e. The van der Waals surface area contributed by atoms with E-state index < -0.39 is 0 Å². The summed E-state index contributed by atoms with van der Waals surface area (Å²) in [7, 11) is 0. The maximum absolute atomic E-state index is 6.16. The number of benzene rings is 1. The molecule has 0 saturated carbocycles. The minimum atomic E-state index is 0.110. The number of unbranched alkanes of at least 4 members (excludes halogenated alkanes) is 3. The first kappa shape index (κ1) is 14.0. The van der Waals surface area contributed by atoms with Crippen LogP contribution in [0, 0.1) is 0 Å². The van der Waals surface area contributed by atoms with Crippen LogP contribution in [-0.4, -0.2) is 6.04 Å². The average Bonchev–Trinajstić information content (AvgIpc) is 2.35. The second-order valence-corrected chi connectivity index (χ2v) is 4.77. The lowest BCUT2D eigenvalue weighted by Crippen LogP contribution is -2.24. The van der Waals surface area contributed by atoms with Gasteiger partial charge in [0.15, 0.2) is 0 Å². The van der Waals surface area contributed by atoms with E-state index in [2.05, 4.69) is 37.8 Å². The molecule has 0 heterocycles. The molecule has 17 heavy (non-hydrogen) atoms. The van der Waals surface area contributed by atoms with Gasteiger partial charge in [-0.2, -0.15) is 0 Å². The van der Waals surface area contributed by atoms with Gasteiger partial charge in [0.25, 0.3) is 0 Å². The Kier molecular flexibility index (Phi) is 6.64. The van der Waals surface area contributed by atoms with Crippen LogP contribution in [0.1, 0.15) is 44.6 Å². The molecule has 1 atom stereocenters. The highest BCUT2D eigenvalue weighted by Gasteiger charge is 2.07. The minimum absolute atomic E-state index is 0.110. The quantitative estimate of drug-likeness (QED) is 0.529. The zero-order chi connectivity index (χ0) is 12.5. The van der Waals surface area contributed by atoms with E-state index in [0.29, 0.717) is 0 Å². The molecule has 1 aromatic carbocycles. The third-order valence-corrected chi connectivity index (χ3v) is 3.17. The molecular weight excluding hydrogens is 206 g/mol. The van der Waals surface area contributed by atoms with Gasteiger partial charge in [0, 0.05) is 6.04 Å². The third-order valence-electron chi connectivity index (χ3n) is 3.17. The molecule has 0 saturated heterocycles. The number of hydrogen-bond acceptors (Lipinski definition) is 1. The van der Waals surface area contributed by atoms with Crippen LogP contribution in [-0.2, 0) is 6.42 Å². The smallest absolute Gasteiger partial charge is 0.0291 e. The summed E-state index contributed by atoms with van der Waals surface area (Å²) in [5, 5.41) is 0. The monoisotopic (exact) mass is 231 g/mol. The highest BCUT2D eigenvalue weighted by Crippen LogP contribution is 2.14. The first-order chi connectivity index (χ1) is 8.24. The molecule has 1 rings (SSSR count).